The molecule has 3 aliphatic rings. The second-order valence-corrected chi connectivity index (χ2v) is 7.63. The summed E-state index contributed by atoms with van der Waals surface area (Å²) in [6, 6.07) is 8.22. The third-order valence-corrected chi connectivity index (χ3v) is 5.83. The zero-order valence-corrected chi connectivity index (χ0v) is 17.3. The van der Waals surface area contributed by atoms with E-state index in [1.54, 1.807) is 24.3 Å². The fourth-order valence-corrected chi connectivity index (χ4v) is 4.11. The zero-order chi connectivity index (χ0) is 20.2. The Morgan fingerprint density at radius 1 is 1.14 bits per heavy atom. The number of dihydropyridines is 1. The van der Waals surface area contributed by atoms with Gasteiger partial charge in [0.2, 0.25) is 11.0 Å². The van der Waals surface area contributed by atoms with Crippen LogP contribution in [0.1, 0.15) is 6.42 Å². The van der Waals surface area contributed by atoms with Crippen molar-refractivity contribution in [1.82, 2.24) is 9.80 Å². The highest BCUT2D eigenvalue weighted by molar-refractivity contribution is 7.80. The normalized spacial score (nSPS) is 22.0. The van der Waals surface area contributed by atoms with Crippen LogP contribution >= 0.6 is 12.2 Å². The quantitative estimate of drug-likeness (QED) is 0.670. The van der Waals surface area contributed by atoms with Crippen molar-refractivity contribution < 1.29 is 9.53 Å². The Kier molecular flexibility index (Phi) is 6.01. The molecular weight excluding hydrogens is 386 g/mol. The lowest BCUT2D eigenvalue weighted by atomic mass is 10.0. The van der Waals surface area contributed by atoms with Crippen molar-refractivity contribution in [3.05, 3.63) is 36.4 Å². The number of nitrogens with zero attached hydrogens (tertiary/aromatic N) is 5. The zero-order valence-electron chi connectivity index (χ0n) is 16.5. The van der Waals surface area contributed by atoms with Gasteiger partial charge in [0.15, 0.2) is 0 Å². The number of carbonyl (C=O) groups excluding carboxylic acids is 1. The third-order valence-electron chi connectivity index (χ3n) is 5.51. The number of thiocarbonyl (C=S) groups is 1. The van der Waals surface area contributed by atoms with Crippen LogP contribution in [0.5, 0.6) is 5.75 Å². The van der Waals surface area contributed by atoms with E-state index in [1.165, 1.54) is 5.69 Å². The van der Waals surface area contributed by atoms with Crippen LogP contribution in [0.15, 0.2) is 46.4 Å². The van der Waals surface area contributed by atoms with Gasteiger partial charge in [-0.1, -0.05) is 6.08 Å². The summed E-state index contributed by atoms with van der Waals surface area (Å²) in [4.78, 5) is 27.7. The second kappa shape index (κ2) is 8.84. The van der Waals surface area contributed by atoms with Crippen molar-refractivity contribution in [2.45, 2.75) is 6.42 Å². The van der Waals surface area contributed by atoms with Gasteiger partial charge in [-0.15, -0.1) is 0 Å². The van der Waals surface area contributed by atoms with Crippen LogP contribution in [0, 0.1) is 5.92 Å². The molecule has 29 heavy (non-hydrogen) atoms. The van der Waals surface area contributed by atoms with E-state index in [1.807, 2.05) is 18.2 Å². The number of methoxy groups -OCH3 is 1. The summed E-state index contributed by atoms with van der Waals surface area (Å²) in [7, 11) is 1.68. The molecule has 152 valence electrons. The molecule has 1 fully saturated rings. The van der Waals surface area contributed by atoms with Crippen LogP contribution in [0.2, 0.25) is 0 Å². The molecule has 1 aromatic carbocycles. The van der Waals surface area contributed by atoms with E-state index in [9.17, 15) is 4.79 Å². The number of benzene rings is 1. The Morgan fingerprint density at radius 3 is 2.62 bits per heavy atom. The van der Waals surface area contributed by atoms with E-state index in [-0.39, 0.29) is 11.8 Å². The van der Waals surface area contributed by atoms with E-state index in [0.29, 0.717) is 17.5 Å². The summed E-state index contributed by atoms with van der Waals surface area (Å²) in [6.45, 7) is 5.54. The van der Waals surface area contributed by atoms with Crippen molar-refractivity contribution in [2.24, 2.45) is 15.9 Å². The number of amides is 1. The number of allylic oxidation sites excluding steroid dienone is 1. The van der Waals surface area contributed by atoms with Crippen molar-refractivity contribution in [3.8, 4) is 5.75 Å². The SMILES string of the molecule is COc1ccc(N2CCN(CCCN3C(=O)C4C=CC=NC4=NC3=S)CC2)cc1. The summed E-state index contributed by atoms with van der Waals surface area (Å²) in [5.74, 6) is 0.982. The summed E-state index contributed by atoms with van der Waals surface area (Å²) in [6.07, 6.45) is 6.14. The molecule has 7 nitrogen and oxygen atoms in total. The molecule has 1 aromatic rings. The molecule has 3 aliphatic heterocycles. The fourth-order valence-electron chi connectivity index (χ4n) is 3.84. The summed E-state index contributed by atoms with van der Waals surface area (Å²) < 4.78 is 5.23. The Hall–Kier alpha value is -2.58. The van der Waals surface area contributed by atoms with E-state index < -0.39 is 0 Å². The average molecular weight is 412 g/mol. The Balaban J connectivity index is 1.24. The monoisotopic (exact) mass is 411 g/mol. The molecule has 0 radical (unpaired) electrons. The average Bonchev–Trinajstić information content (AvgIpc) is 2.76. The first-order valence-corrected chi connectivity index (χ1v) is 10.3. The number of aliphatic imine (C=N–C) groups is 2. The maximum Gasteiger partial charge on any atom is 0.243 e. The van der Waals surface area contributed by atoms with Gasteiger partial charge in [-0.05, 0) is 55.5 Å². The lowest BCUT2D eigenvalue weighted by Gasteiger charge is -2.36. The van der Waals surface area contributed by atoms with Gasteiger partial charge in [0.1, 0.15) is 17.5 Å². The van der Waals surface area contributed by atoms with Crippen LogP contribution in [0.4, 0.5) is 5.69 Å². The first kappa shape index (κ1) is 19.7. The van der Waals surface area contributed by atoms with Gasteiger partial charge < -0.3 is 9.64 Å². The van der Waals surface area contributed by atoms with E-state index in [4.69, 9.17) is 17.0 Å². The fraction of sp³-hybridized carbons (Fsp3) is 0.429. The standard InChI is InChI=1S/C21H25N5O2S/c1-28-17-7-5-16(6-8-17)25-14-12-24(13-15-25)10-3-11-26-20(27)18-4-2-9-22-19(18)23-21(26)29/h2,4-9,18H,3,10-15H2,1H3. The number of rotatable bonds is 6. The van der Waals surface area contributed by atoms with E-state index >= 15 is 0 Å². The van der Waals surface area contributed by atoms with Gasteiger partial charge in [0, 0.05) is 44.6 Å². The molecule has 0 aromatic heterocycles. The number of carbonyl (C=O) groups is 1. The Morgan fingerprint density at radius 2 is 1.90 bits per heavy atom. The highest BCUT2D eigenvalue weighted by Gasteiger charge is 2.34. The number of hydrogen-bond donors (Lipinski definition) is 0. The Labute approximate surface area is 176 Å². The van der Waals surface area contributed by atoms with Crippen molar-refractivity contribution in [2.75, 3.05) is 51.3 Å². The first-order valence-electron chi connectivity index (χ1n) is 9.92. The van der Waals surface area contributed by atoms with Crippen LogP contribution in [0.25, 0.3) is 0 Å². The lowest BCUT2D eigenvalue weighted by Crippen LogP contribution is -2.49. The maximum absolute atomic E-state index is 12.7. The minimum absolute atomic E-state index is 0.0163. The Bertz CT molecular complexity index is 856. The third kappa shape index (κ3) is 4.38. The number of fused-ring (bicyclic) bond motifs is 1. The van der Waals surface area contributed by atoms with Crippen LogP contribution < -0.4 is 9.64 Å². The molecule has 0 N–H and O–H groups in total. The number of piperazine rings is 1. The summed E-state index contributed by atoms with van der Waals surface area (Å²) in [5.41, 5.74) is 1.23. The second-order valence-electron chi connectivity index (χ2n) is 7.26. The summed E-state index contributed by atoms with van der Waals surface area (Å²) in [5, 5.41) is 0.332. The van der Waals surface area contributed by atoms with E-state index in [0.717, 1.165) is 44.9 Å². The highest BCUT2D eigenvalue weighted by atomic mass is 32.1. The van der Waals surface area contributed by atoms with Gasteiger partial charge in [-0.25, -0.2) is 9.98 Å². The van der Waals surface area contributed by atoms with Gasteiger partial charge >= 0.3 is 0 Å². The molecule has 0 aliphatic carbocycles. The lowest BCUT2D eigenvalue weighted by molar-refractivity contribution is -0.128. The van der Waals surface area contributed by atoms with Gasteiger partial charge in [-0.2, -0.15) is 0 Å². The van der Waals surface area contributed by atoms with Gasteiger partial charge in [0.25, 0.3) is 0 Å². The van der Waals surface area contributed by atoms with Crippen LogP contribution in [-0.4, -0.2) is 79.2 Å². The molecule has 1 atom stereocenters. The number of ether oxygens (including phenoxy) is 1. The van der Waals surface area contributed by atoms with Gasteiger partial charge in [0.05, 0.1) is 7.11 Å². The smallest absolute Gasteiger partial charge is 0.243 e. The van der Waals surface area contributed by atoms with E-state index in [2.05, 4.69) is 31.9 Å². The predicted molar refractivity (Wildman–Crippen MR) is 119 cm³/mol. The number of anilines is 1. The van der Waals surface area contributed by atoms with Gasteiger partial charge in [-0.3, -0.25) is 14.6 Å². The molecule has 0 saturated carbocycles. The molecule has 1 unspecified atom stereocenters. The molecule has 1 saturated heterocycles. The van der Waals surface area contributed by atoms with Crippen LogP contribution in [0.3, 0.4) is 0 Å². The summed E-state index contributed by atoms with van der Waals surface area (Å²) >= 11 is 5.32. The largest absolute Gasteiger partial charge is 0.497 e. The minimum atomic E-state index is -0.389. The molecule has 4 rings (SSSR count). The van der Waals surface area contributed by atoms with Crippen molar-refractivity contribution in [3.63, 3.8) is 0 Å². The van der Waals surface area contributed by atoms with Crippen molar-refractivity contribution >= 4 is 41.0 Å². The molecule has 1 amide bonds. The molecule has 8 heteroatoms. The minimum Gasteiger partial charge on any atom is -0.497 e. The number of hydrogen-bond acceptors (Lipinski definition) is 6. The topological polar surface area (TPSA) is 60.7 Å². The molecule has 0 bridgehead atoms. The predicted octanol–water partition coefficient (Wildman–Crippen LogP) is 1.99. The highest BCUT2D eigenvalue weighted by Crippen LogP contribution is 2.21. The van der Waals surface area contributed by atoms with Crippen molar-refractivity contribution in [1.29, 1.82) is 0 Å². The molecular formula is C21H25N5O2S. The number of amidine groups is 1. The van der Waals surface area contributed by atoms with Crippen LogP contribution in [-0.2, 0) is 4.79 Å². The molecule has 0 spiro atoms. The first-order chi connectivity index (χ1) is 14.2. The maximum atomic E-state index is 12.7. The molecule has 3 heterocycles.